The minimum Gasteiger partial charge on any atom is -0.393 e. The van der Waals surface area contributed by atoms with Gasteiger partial charge in [-0.3, -0.25) is 4.79 Å². The van der Waals surface area contributed by atoms with Crippen LogP contribution in [0.15, 0.2) is 12.2 Å². The first kappa shape index (κ1) is 9.17. The highest BCUT2D eigenvalue weighted by Crippen LogP contribution is 2.03. The van der Waals surface area contributed by atoms with E-state index in [4.69, 9.17) is 10.8 Å². The van der Waals surface area contributed by atoms with Gasteiger partial charge in [-0.15, -0.1) is 0 Å². The van der Waals surface area contributed by atoms with Gasteiger partial charge in [-0.05, 0) is 19.8 Å². The SMILES string of the molecule is C=C(CCC(C)O)C(N)=O. The molecule has 0 radical (unpaired) electrons. The van der Waals surface area contributed by atoms with Crippen LogP contribution < -0.4 is 5.73 Å². The third-order valence-corrected chi connectivity index (χ3v) is 1.21. The van der Waals surface area contributed by atoms with E-state index in [-0.39, 0.29) is 0 Å². The summed E-state index contributed by atoms with van der Waals surface area (Å²) in [5.41, 5.74) is 5.28. The molecule has 0 saturated carbocycles. The standard InChI is InChI=1S/C7H13NO2/c1-5(7(8)10)3-4-6(2)9/h6,9H,1,3-4H2,2H3,(H2,8,10). The van der Waals surface area contributed by atoms with Crippen LogP contribution in [-0.2, 0) is 4.79 Å². The first-order valence-electron chi connectivity index (χ1n) is 3.19. The normalized spacial score (nSPS) is 12.6. The first-order chi connectivity index (χ1) is 4.54. The van der Waals surface area contributed by atoms with Gasteiger partial charge in [-0.1, -0.05) is 6.58 Å². The fourth-order valence-electron chi connectivity index (χ4n) is 0.506. The fourth-order valence-corrected chi connectivity index (χ4v) is 0.506. The second-order valence-corrected chi connectivity index (χ2v) is 2.36. The van der Waals surface area contributed by atoms with Gasteiger partial charge >= 0.3 is 0 Å². The monoisotopic (exact) mass is 143 g/mol. The molecule has 0 aromatic heterocycles. The Morgan fingerprint density at radius 2 is 2.30 bits per heavy atom. The Bertz CT molecular complexity index is 141. The van der Waals surface area contributed by atoms with Crippen molar-refractivity contribution in [2.75, 3.05) is 0 Å². The largest absolute Gasteiger partial charge is 0.393 e. The highest BCUT2D eigenvalue weighted by atomic mass is 16.3. The van der Waals surface area contributed by atoms with Crippen molar-refractivity contribution in [3.05, 3.63) is 12.2 Å². The van der Waals surface area contributed by atoms with Crippen LogP contribution in [0.5, 0.6) is 0 Å². The van der Waals surface area contributed by atoms with Gasteiger partial charge in [0, 0.05) is 5.57 Å². The van der Waals surface area contributed by atoms with E-state index < -0.39 is 12.0 Å². The van der Waals surface area contributed by atoms with Gasteiger partial charge in [-0.25, -0.2) is 0 Å². The maximum absolute atomic E-state index is 10.4. The van der Waals surface area contributed by atoms with Crippen LogP contribution in [0.2, 0.25) is 0 Å². The summed E-state index contributed by atoms with van der Waals surface area (Å²) in [5.74, 6) is -0.486. The van der Waals surface area contributed by atoms with Crippen molar-refractivity contribution in [3.63, 3.8) is 0 Å². The lowest BCUT2D eigenvalue weighted by Gasteiger charge is -2.02. The zero-order valence-electron chi connectivity index (χ0n) is 6.13. The van der Waals surface area contributed by atoms with Gasteiger partial charge in [0.1, 0.15) is 0 Å². The second-order valence-electron chi connectivity index (χ2n) is 2.36. The number of rotatable bonds is 4. The number of carbonyl (C=O) groups excluding carboxylic acids is 1. The Morgan fingerprint density at radius 3 is 2.60 bits per heavy atom. The zero-order chi connectivity index (χ0) is 8.15. The van der Waals surface area contributed by atoms with E-state index >= 15 is 0 Å². The minimum atomic E-state index is -0.486. The van der Waals surface area contributed by atoms with Crippen LogP contribution in [0.3, 0.4) is 0 Å². The van der Waals surface area contributed by atoms with Crippen molar-refractivity contribution in [3.8, 4) is 0 Å². The Balaban J connectivity index is 3.50. The quantitative estimate of drug-likeness (QED) is 0.552. The Morgan fingerprint density at radius 1 is 1.80 bits per heavy atom. The van der Waals surface area contributed by atoms with Gasteiger partial charge in [0.25, 0.3) is 0 Å². The van der Waals surface area contributed by atoms with E-state index in [1.165, 1.54) is 0 Å². The maximum Gasteiger partial charge on any atom is 0.244 e. The first-order valence-corrected chi connectivity index (χ1v) is 3.19. The predicted molar refractivity (Wildman–Crippen MR) is 39.2 cm³/mol. The smallest absolute Gasteiger partial charge is 0.244 e. The zero-order valence-corrected chi connectivity index (χ0v) is 6.13. The van der Waals surface area contributed by atoms with Crippen molar-refractivity contribution < 1.29 is 9.90 Å². The molecule has 3 nitrogen and oxygen atoms in total. The van der Waals surface area contributed by atoms with Crippen LogP contribution >= 0.6 is 0 Å². The van der Waals surface area contributed by atoms with Crippen molar-refractivity contribution in [2.24, 2.45) is 5.73 Å². The highest BCUT2D eigenvalue weighted by Gasteiger charge is 2.02. The van der Waals surface area contributed by atoms with Gasteiger partial charge in [0.05, 0.1) is 6.10 Å². The maximum atomic E-state index is 10.4. The lowest BCUT2D eigenvalue weighted by atomic mass is 10.1. The summed E-state index contributed by atoms with van der Waals surface area (Å²) >= 11 is 0. The molecule has 58 valence electrons. The number of carbonyl (C=O) groups is 1. The molecular weight excluding hydrogens is 130 g/mol. The van der Waals surface area contributed by atoms with E-state index in [1.807, 2.05) is 0 Å². The molecule has 0 spiro atoms. The van der Waals surface area contributed by atoms with Gasteiger partial charge < -0.3 is 10.8 Å². The number of aliphatic hydroxyl groups excluding tert-OH is 1. The molecule has 10 heavy (non-hydrogen) atoms. The van der Waals surface area contributed by atoms with E-state index in [2.05, 4.69) is 6.58 Å². The van der Waals surface area contributed by atoms with Crippen LogP contribution in [0.1, 0.15) is 19.8 Å². The summed E-state index contributed by atoms with van der Waals surface area (Å²) in [6.45, 7) is 5.10. The van der Waals surface area contributed by atoms with Crippen molar-refractivity contribution in [1.29, 1.82) is 0 Å². The topological polar surface area (TPSA) is 63.3 Å². The predicted octanol–water partition coefficient (Wildman–Crippen LogP) is 0.189. The fraction of sp³-hybridized carbons (Fsp3) is 0.571. The molecule has 0 bridgehead atoms. The summed E-state index contributed by atoms with van der Waals surface area (Å²) < 4.78 is 0. The number of aliphatic hydroxyl groups is 1. The van der Waals surface area contributed by atoms with E-state index in [0.29, 0.717) is 18.4 Å². The van der Waals surface area contributed by atoms with Crippen LogP contribution in [-0.4, -0.2) is 17.1 Å². The molecule has 1 amide bonds. The molecule has 0 aromatic rings. The Kier molecular flexibility index (Phi) is 3.72. The van der Waals surface area contributed by atoms with Crippen LogP contribution in [0, 0.1) is 0 Å². The molecule has 0 rings (SSSR count). The van der Waals surface area contributed by atoms with E-state index in [9.17, 15) is 4.79 Å². The molecule has 0 aliphatic carbocycles. The Labute approximate surface area is 60.5 Å². The number of hydrogen-bond donors (Lipinski definition) is 2. The molecule has 3 heteroatoms. The highest BCUT2D eigenvalue weighted by molar-refractivity contribution is 5.91. The summed E-state index contributed by atoms with van der Waals surface area (Å²) in [6, 6.07) is 0. The van der Waals surface area contributed by atoms with Crippen LogP contribution in [0.4, 0.5) is 0 Å². The third-order valence-electron chi connectivity index (χ3n) is 1.21. The molecule has 0 aliphatic rings. The average Bonchev–Trinajstić information content (AvgIpc) is 1.82. The lowest BCUT2D eigenvalue weighted by molar-refractivity contribution is -0.114. The summed E-state index contributed by atoms with van der Waals surface area (Å²) in [5, 5.41) is 8.79. The average molecular weight is 143 g/mol. The molecule has 0 fully saturated rings. The number of amides is 1. The molecule has 1 atom stereocenters. The molecule has 0 saturated heterocycles. The van der Waals surface area contributed by atoms with Crippen LogP contribution in [0.25, 0.3) is 0 Å². The van der Waals surface area contributed by atoms with Gasteiger partial charge in [0.2, 0.25) is 5.91 Å². The third kappa shape index (κ3) is 4.09. The van der Waals surface area contributed by atoms with Gasteiger partial charge in [-0.2, -0.15) is 0 Å². The lowest BCUT2D eigenvalue weighted by Crippen LogP contribution is -2.14. The van der Waals surface area contributed by atoms with Crippen molar-refractivity contribution in [1.82, 2.24) is 0 Å². The molecule has 0 heterocycles. The number of nitrogens with two attached hydrogens (primary N) is 1. The van der Waals surface area contributed by atoms with Crippen molar-refractivity contribution in [2.45, 2.75) is 25.9 Å². The Hall–Kier alpha value is -0.830. The number of primary amides is 1. The number of hydrogen-bond acceptors (Lipinski definition) is 2. The molecule has 1 unspecified atom stereocenters. The summed E-state index contributed by atoms with van der Waals surface area (Å²) in [6.07, 6.45) is 0.630. The van der Waals surface area contributed by atoms with E-state index in [0.717, 1.165) is 0 Å². The molecular formula is C7H13NO2. The molecule has 0 aliphatic heterocycles. The second kappa shape index (κ2) is 4.06. The summed E-state index contributed by atoms with van der Waals surface area (Å²) in [7, 11) is 0. The minimum absolute atomic E-state index is 0.376. The molecule has 3 N–H and O–H groups in total. The van der Waals surface area contributed by atoms with E-state index in [1.54, 1.807) is 6.92 Å². The molecule has 0 aromatic carbocycles. The van der Waals surface area contributed by atoms with Gasteiger partial charge in [0.15, 0.2) is 0 Å². The van der Waals surface area contributed by atoms with Crippen molar-refractivity contribution >= 4 is 5.91 Å². The summed E-state index contributed by atoms with van der Waals surface area (Å²) in [4.78, 5) is 10.4.